The molecule has 3 rings (SSSR count). The molecule has 1 saturated heterocycles. The van der Waals surface area contributed by atoms with E-state index in [0.29, 0.717) is 24.6 Å². The zero-order chi connectivity index (χ0) is 19.8. The minimum atomic E-state index is 0.0291. The van der Waals surface area contributed by atoms with E-state index in [2.05, 4.69) is 39.4 Å². The van der Waals surface area contributed by atoms with Gasteiger partial charge >= 0.3 is 0 Å². The Balaban J connectivity index is 1.43. The van der Waals surface area contributed by atoms with Crippen molar-refractivity contribution in [3.63, 3.8) is 0 Å². The van der Waals surface area contributed by atoms with E-state index in [9.17, 15) is 4.79 Å². The lowest BCUT2D eigenvalue weighted by Crippen LogP contribution is -2.49. The van der Waals surface area contributed by atoms with E-state index in [1.807, 2.05) is 24.3 Å². The monoisotopic (exact) mass is 383 g/mol. The first-order valence-electron chi connectivity index (χ1n) is 9.65. The normalized spacial score (nSPS) is 15.2. The van der Waals surface area contributed by atoms with Crippen LogP contribution < -0.4 is 14.8 Å². The number of carbonyl (C=O) groups excluding carboxylic acids is 1. The largest absolute Gasteiger partial charge is 0.493 e. The predicted octanol–water partition coefficient (Wildman–Crippen LogP) is 2.14. The molecule has 2 aromatic carbocycles. The summed E-state index contributed by atoms with van der Waals surface area (Å²) in [5, 5.41) is 2.99. The SMILES string of the molecule is COc1cccc(CNC(=O)CN2CCN(Cc3ccccc3)CC2)c1OC. The van der Waals surface area contributed by atoms with Crippen molar-refractivity contribution in [2.45, 2.75) is 13.1 Å². The summed E-state index contributed by atoms with van der Waals surface area (Å²) in [6.45, 7) is 5.58. The van der Waals surface area contributed by atoms with Crippen molar-refractivity contribution in [3.8, 4) is 11.5 Å². The molecule has 0 aromatic heterocycles. The second-order valence-corrected chi connectivity index (χ2v) is 6.97. The van der Waals surface area contributed by atoms with Gasteiger partial charge in [0.25, 0.3) is 0 Å². The Hall–Kier alpha value is -2.57. The summed E-state index contributed by atoms with van der Waals surface area (Å²) in [7, 11) is 3.22. The van der Waals surface area contributed by atoms with Gasteiger partial charge in [-0.2, -0.15) is 0 Å². The average Bonchev–Trinajstić information content (AvgIpc) is 2.74. The van der Waals surface area contributed by atoms with E-state index < -0.39 is 0 Å². The first kappa shape index (κ1) is 20.2. The van der Waals surface area contributed by atoms with Gasteiger partial charge in [0.15, 0.2) is 11.5 Å². The lowest BCUT2D eigenvalue weighted by molar-refractivity contribution is -0.122. The molecule has 28 heavy (non-hydrogen) atoms. The van der Waals surface area contributed by atoms with Gasteiger partial charge < -0.3 is 14.8 Å². The number of ether oxygens (including phenoxy) is 2. The third-order valence-electron chi connectivity index (χ3n) is 5.04. The Morgan fingerprint density at radius 1 is 0.929 bits per heavy atom. The molecule has 1 amide bonds. The van der Waals surface area contributed by atoms with Gasteiger partial charge in [0, 0.05) is 44.8 Å². The van der Waals surface area contributed by atoms with Crippen LogP contribution in [0.3, 0.4) is 0 Å². The molecule has 0 aliphatic carbocycles. The predicted molar refractivity (Wildman–Crippen MR) is 110 cm³/mol. The number of carbonyl (C=O) groups is 1. The van der Waals surface area contributed by atoms with E-state index in [1.54, 1.807) is 14.2 Å². The fourth-order valence-corrected chi connectivity index (χ4v) is 3.49. The fourth-order valence-electron chi connectivity index (χ4n) is 3.49. The quantitative estimate of drug-likeness (QED) is 0.757. The maximum absolute atomic E-state index is 12.4. The van der Waals surface area contributed by atoms with Crippen LogP contribution in [0.1, 0.15) is 11.1 Å². The van der Waals surface area contributed by atoms with E-state index >= 15 is 0 Å². The molecule has 1 aliphatic rings. The second kappa shape index (κ2) is 10.1. The minimum Gasteiger partial charge on any atom is -0.493 e. The standard InChI is InChI=1S/C22H29N3O3/c1-27-20-10-6-9-19(22(20)28-2)15-23-21(26)17-25-13-11-24(12-14-25)16-18-7-4-3-5-8-18/h3-10H,11-17H2,1-2H3,(H,23,26). The van der Waals surface area contributed by atoms with Crippen LogP contribution >= 0.6 is 0 Å². The van der Waals surface area contributed by atoms with Crippen molar-refractivity contribution >= 4 is 5.91 Å². The molecule has 6 nitrogen and oxygen atoms in total. The maximum atomic E-state index is 12.4. The van der Waals surface area contributed by atoms with Gasteiger partial charge in [0.1, 0.15) is 0 Å². The summed E-state index contributed by atoms with van der Waals surface area (Å²) in [6, 6.07) is 16.2. The molecular weight excluding hydrogens is 354 g/mol. The lowest BCUT2D eigenvalue weighted by atomic mass is 10.2. The summed E-state index contributed by atoms with van der Waals surface area (Å²) in [5.74, 6) is 1.37. The number of amides is 1. The van der Waals surface area contributed by atoms with Crippen LogP contribution in [-0.4, -0.2) is 62.7 Å². The van der Waals surface area contributed by atoms with Crippen LogP contribution in [0.4, 0.5) is 0 Å². The van der Waals surface area contributed by atoms with Crippen molar-refractivity contribution in [2.75, 3.05) is 46.9 Å². The van der Waals surface area contributed by atoms with Crippen molar-refractivity contribution in [3.05, 3.63) is 59.7 Å². The Bertz CT molecular complexity index is 759. The molecule has 0 spiro atoms. The number of para-hydroxylation sites is 1. The number of hydrogen-bond donors (Lipinski definition) is 1. The first-order chi connectivity index (χ1) is 13.7. The Labute approximate surface area is 167 Å². The van der Waals surface area contributed by atoms with Gasteiger partial charge in [0.2, 0.25) is 5.91 Å². The highest BCUT2D eigenvalue weighted by Crippen LogP contribution is 2.30. The molecule has 1 N–H and O–H groups in total. The zero-order valence-electron chi connectivity index (χ0n) is 16.7. The van der Waals surface area contributed by atoms with Gasteiger partial charge in [-0.05, 0) is 11.6 Å². The van der Waals surface area contributed by atoms with Crippen molar-refractivity contribution in [1.82, 2.24) is 15.1 Å². The van der Waals surface area contributed by atoms with Gasteiger partial charge in [-0.25, -0.2) is 0 Å². The first-order valence-corrected chi connectivity index (χ1v) is 9.65. The summed E-state index contributed by atoms with van der Waals surface area (Å²) < 4.78 is 10.7. The molecule has 6 heteroatoms. The highest BCUT2D eigenvalue weighted by atomic mass is 16.5. The molecule has 0 bridgehead atoms. The van der Waals surface area contributed by atoms with Gasteiger partial charge in [0.05, 0.1) is 20.8 Å². The molecule has 1 aliphatic heterocycles. The molecule has 150 valence electrons. The van der Waals surface area contributed by atoms with E-state index in [-0.39, 0.29) is 5.91 Å². The molecule has 0 unspecified atom stereocenters. The van der Waals surface area contributed by atoms with Crippen LogP contribution in [0, 0.1) is 0 Å². The van der Waals surface area contributed by atoms with Crippen LogP contribution in [0.2, 0.25) is 0 Å². The molecule has 0 radical (unpaired) electrons. The zero-order valence-corrected chi connectivity index (χ0v) is 16.7. The number of hydrogen-bond acceptors (Lipinski definition) is 5. The average molecular weight is 383 g/mol. The molecular formula is C22H29N3O3. The highest BCUT2D eigenvalue weighted by molar-refractivity contribution is 5.78. The van der Waals surface area contributed by atoms with Crippen LogP contribution in [-0.2, 0) is 17.9 Å². The molecule has 1 heterocycles. The Morgan fingerprint density at radius 3 is 2.32 bits per heavy atom. The number of methoxy groups -OCH3 is 2. The topological polar surface area (TPSA) is 54.0 Å². The lowest BCUT2D eigenvalue weighted by Gasteiger charge is -2.34. The Kier molecular flexibility index (Phi) is 7.28. The van der Waals surface area contributed by atoms with E-state index in [0.717, 1.165) is 38.3 Å². The number of nitrogens with zero attached hydrogens (tertiary/aromatic N) is 2. The van der Waals surface area contributed by atoms with Crippen molar-refractivity contribution in [2.24, 2.45) is 0 Å². The van der Waals surface area contributed by atoms with Crippen LogP contribution in [0.25, 0.3) is 0 Å². The number of nitrogens with one attached hydrogen (secondary N) is 1. The highest BCUT2D eigenvalue weighted by Gasteiger charge is 2.19. The second-order valence-electron chi connectivity index (χ2n) is 6.97. The summed E-state index contributed by atoms with van der Waals surface area (Å²) in [4.78, 5) is 17.0. The van der Waals surface area contributed by atoms with Crippen LogP contribution in [0.5, 0.6) is 11.5 Å². The molecule has 0 saturated carbocycles. The van der Waals surface area contributed by atoms with Crippen molar-refractivity contribution in [1.29, 1.82) is 0 Å². The minimum absolute atomic E-state index is 0.0291. The van der Waals surface area contributed by atoms with E-state index in [4.69, 9.17) is 9.47 Å². The third kappa shape index (κ3) is 5.47. The fraction of sp³-hybridized carbons (Fsp3) is 0.409. The van der Waals surface area contributed by atoms with Gasteiger partial charge in [-0.1, -0.05) is 42.5 Å². The third-order valence-corrected chi connectivity index (χ3v) is 5.04. The number of benzene rings is 2. The van der Waals surface area contributed by atoms with Gasteiger partial charge in [-0.15, -0.1) is 0 Å². The maximum Gasteiger partial charge on any atom is 0.234 e. The van der Waals surface area contributed by atoms with Gasteiger partial charge in [-0.3, -0.25) is 14.6 Å². The number of rotatable bonds is 8. The number of piperazine rings is 1. The molecule has 0 atom stereocenters. The summed E-state index contributed by atoms with van der Waals surface area (Å²) in [6.07, 6.45) is 0. The van der Waals surface area contributed by atoms with Crippen LogP contribution in [0.15, 0.2) is 48.5 Å². The smallest absolute Gasteiger partial charge is 0.234 e. The van der Waals surface area contributed by atoms with Crippen molar-refractivity contribution < 1.29 is 14.3 Å². The summed E-state index contributed by atoms with van der Waals surface area (Å²) >= 11 is 0. The Morgan fingerprint density at radius 2 is 1.64 bits per heavy atom. The van der Waals surface area contributed by atoms with E-state index in [1.165, 1.54) is 5.56 Å². The summed E-state index contributed by atoms with van der Waals surface area (Å²) in [5.41, 5.74) is 2.24. The molecule has 1 fully saturated rings. The molecule has 2 aromatic rings.